The van der Waals surface area contributed by atoms with Crippen molar-refractivity contribution in [3.8, 4) is 5.75 Å². The van der Waals surface area contributed by atoms with Crippen molar-refractivity contribution in [3.63, 3.8) is 0 Å². The molecule has 0 saturated carbocycles. The van der Waals surface area contributed by atoms with E-state index < -0.39 is 52.0 Å². The third kappa shape index (κ3) is 5.79. The predicted octanol–water partition coefficient (Wildman–Crippen LogP) is 4.61. The largest absolute Gasteiger partial charge is 0.379 e. The van der Waals surface area contributed by atoms with Gasteiger partial charge in [0.2, 0.25) is 0 Å². The second-order valence-corrected chi connectivity index (χ2v) is 11.8. The lowest BCUT2D eigenvalue weighted by molar-refractivity contribution is -0.154. The molecule has 0 aromatic heterocycles. The summed E-state index contributed by atoms with van der Waals surface area (Å²) in [5, 5.41) is 2.06. The molecule has 210 valence electrons. The zero-order valence-corrected chi connectivity index (χ0v) is 23.5. The summed E-state index contributed by atoms with van der Waals surface area (Å²) in [4.78, 5) is 53.4. The van der Waals surface area contributed by atoms with Crippen molar-refractivity contribution in [1.82, 2.24) is 10.0 Å². The van der Waals surface area contributed by atoms with Crippen LogP contribution in [0.3, 0.4) is 0 Å². The molecule has 3 aromatic rings. The van der Waals surface area contributed by atoms with Gasteiger partial charge in [-0.25, -0.2) is 5.01 Å². The second kappa shape index (κ2) is 11.3. The van der Waals surface area contributed by atoms with Crippen LogP contribution in [0.4, 0.5) is 0 Å². The van der Waals surface area contributed by atoms with Crippen LogP contribution < -0.4 is 4.18 Å². The minimum absolute atomic E-state index is 0.0160. The fourth-order valence-corrected chi connectivity index (χ4v) is 5.86. The Kier molecular flexibility index (Phi) is 7.79. The normalized spacial score (nSPS) is 18.2. The van der Waals surface area contributed by atoms with E-state index in [2.05, 4.69) is 0 Å². The summed E-state index contributed by atoms with van der Waals surface area (Å²) in [6, 6.07) is 17.4. The summed E-state index contributed by atoms with van der Waals surface area (Å²) in [5.41, 5.74) is 1.15. The number of hydrogen-bond acceptors (Lipinski definition) is 7. The maximum absolute atomic E-state index is 13.6. The minimum Gasteiger partial charge on any atom is -0.379 e. The van der Waals surface area contributed by atoms with Crippen LogP contribution >= 0.6 is 11.6 Å². The number of hydrazine groups is 1. The van der Waals surface area contributed by atoms with E-state index in [1.165, 1.54) is 60.7 Å². The van der Waals surface area contributed by atoms with Crippen LogP contribution in [0.15, 0.2) is 89.8 Å². The number of Topliss-reactive ketones (excluding diaryl/α,β-unsaturated/α-hetero) is 1. The van der Waals surface area contributed by atoms with Crippen molar-refractivity contribution < 1.29 is 31.8 Å². The molecule has 2 aliphatic rings. The van der Waals surface area contributed by atoms with Gasteiger partial charge in [0.1, 0.15) is 17.2 Å². The Morgan fingerprint density at radius 1 is 0.854 bits per heavy atom. The van der Waals surface area contributed by atoms with E-state index in [-0.39, 0.29) is 21.8 Å². The molecule has 0 unspecified atom stereocenters. The number of rotatable bonds is 8. The SMILES string of the molecule is Cc1ccc(S(=O)(=O)Oc2ccc(C(=O)CN(C(=O)c3ccc(Cl)cc3)N3C(=O)[C@@H]4CC=CC[C@H]4C3=O)cc2)cc1. The van der Waals surface area contributed by atoms with Crippen LogP contribution in [0, 0.1) is 18.8 Å². The quantitative estimate of drug-likeness (QED) is 0.162. The van der Waals surface area contributed by atoms with E-state index in [9.17, 15) is 27.6 Å². The zero-order chi connectivity index (χ0) is 29.3. The summed E-state index contributed by atoms with van der Waals surface area (Å²) in [6.45, 7) is 1.23. The molecule has 9 nitrogen and oxygen atoms in total. The molecule has 3 amide bonds. The summed E-state index contributed by atoms with van der Waals surface area (Å²) >= 11 is 5.96. The summed E-state index contributed by atoms with van der Waals surface area (Å²) < 4.78 is 30.4. The number of carbonyl (C=O) groups is 4. The third-order valence-electron chi connectivity index (χ3n) is 7.04. The van der Waals surface area contributed by atoms with Gasteiger partial charge in [-0.05, 0) is 80.4 Å². The lowest BCUT2D eigenvalue weighted by Crippen LogP contribution is -2.52. The number of carbonyl (C=O) groups excluding carboxylic acids is 4. The lowest BCUT2D eigenvalue weighted by Gasteiger charge is -2.30. The van der Waals surface area contributed by atoms with Crippen molar-refractivity contribution in [2.75, 3.05) is 6.54 Å². The monoisotopic (exact) mass is 592 g/mol. The molecule has 11 heteroatoms. The first-order valence-electron chi connectivity index (χ1n) is 12.8. The molecule has 41 heavy (non-hydrogen) atoms. The fraction of sp³-hybridized carbons (Fsp3) is 0.200. The molecule has 0 radical (unpaired) electrons. The van der Waals surface area contributed by atoms with Crippen LogP contribution in [0.25, 0.3) is 0 Å². The smallest absolute Gasteiger partial charge is 0.339 e. The van der Waals surface area contributed by atoms with Gasteiger partial charge in [0.15, 0.2) is 5.78 Å². The Morgan fingerprint density at radius 3 is 1.95 bits per heavy atom. The Labute approximate surface area is 242 Å². The Morgan fingerprint density at radius 2 is 1.39 bits per heavy atom. The molecule has 0 spiro atoms. The standard InChI is InChI=1S/C30H25ClN2O7S/c1-19-6-16-24(17-7-19)41(38,39)40-23-14-10-20(11-15-23)27(34)18-32(28(35)21-8-12-22(31)13-9-21)33-29(36)25-4-2-3-5-26(25)30(33)37/h2-3,6-17,25-26H,4-5,18H2,1H3/t25-,26-/m1/s1. The summed E-state index contributed by atoms with van der Waals surface area (Å²) in [5.74, 6) is -3.59. The third-order valence-corrected chi connectivity index (χ3v) is 8.55. The highest BCUT2D eigenvalue weighted by atomic mass is 35.5. The van der Waals surface area contributed by atoms with Crippen molar-refractivity contribution in [3.05, 3.63) is 107 Å². The van der Waals surface area contributed by atoms with Gasteiger partial charge in [-0.15, -0.1) is 0 Å². The first kappa shape index (κ1) is 28.3. The molecule has 1 aliphatic carbocycles. The Hall–Kier alpha value is -4.28. The highest BCUT2D eigenvalue weighted by Gasteiger charge is 2.51. The number of nitrogens with zero attached hydrogens (tertiary/aromatic N) is 2. The molecule has 0 bridgehead atoms. The van der Waals surface area contributed by atoms with E-state index in [4.69, 9.17) is 15.8 Å². The molecule has 1 heterocycles. The molecule has 3 aromatic carbocycles. The first-order valence-corrected chi connectivity index (χ1v) is 14.6. The fourth-order valence-electron chi connectivity index (χ4n) is 4.80. The van der Waals surface area contributed by atoms with Crippen LogP contribution in [0.1, 0.15) is 39.1 Å². The van der Waals surface area contributed by atoms with Gasteiger partial charge < -0.3 is 4.18 Å². The van der Waals surface area contributed by atoms with Gasteiger partial charge in [-0.3, -0.25) is 19.2 Å². The van der Waals surface area contributed by atoms with Gasteiger partial charge in [0, 0.05) is 16.1 Å². The van der Waals surface area contributed by atoms with Crippen LogP contribution in [-0.2, 0) is 19.7 Å². The molecular weight excluding hydrogens is 568 g/mol. The average Bonchev–Trinajstić information content (AvgIpc) is 3.21. The van der Waals surface area contributed by atoms with Crippen molar-refractivity contribution >= 4 is 45.2 Å². The van der Waals surface area contributed by atoms with Crippen LogP contribution in [-0.4, -0.2) is 48.5 Å². The summed E-state index contributed by atoms with van der Waals surface area (Å²) in [7, 11) is -4.10. The molecular formula is C30H25ClN2O7S. The number of imide groups is 1. The van der Waals surface area contributed by atoms with Gasteiger partial charge in [-0.1, -0.05) is 41.4 Å². The maximum atomic E-state index is 13.6. The lowest BCUT2D eigenvalue weighted by atomic mass is 9.85. The maximum Gasteiger partial charge on any atom is 0.339 e. The highest BCUT2D eigenvalue weighted by molar-refractivity contribution is 7.87. The van der Waals surface area contributed by atoms with Crippen molar-refractivity contribution in [2.24, 2.45) is 11.8 Å². The average molecular weight is 593 g/mol. The number of hydrogen-bond donors (Lipinski definition) is 0. The second-order valence-electron chi connectivity index (χ2n) is 9.81. The number of aryl methyl sites for hydroxylation is 1. The van der Waals surface area contributed by atoms with Crippen molar-refractivity contribution in [1.29, 1.82) is 0 Å². The minimum atomic E-state index is -4.10. The van der Waals surface area contributed by atoms with Gasteiger partial charge in [0.25, 0.3) is 17.7 Å². The number of ketones is 1. The summed E-state index contributed by atoms with van der Waals surface area (Å²) in [6.07, 6.45) is 4.40. The topological polar surface area (TPSA) is 118 Å². The Balaban J connectivity index is 1.38. The van der Waals surface area contributed by atoms with Crippen molar-refractivity contribution in [2.45, 2.75) is 24.7 Å². The number of amides is 3. The number of benzene rings is 3. The van der Waals surface area contributed by atoms with Crippen LogP contribution in [0.5, 0.6) is 5.75 Å². The van der Waals surface area contributed by atoms with Gasteiger partial charge >= 0.3 is 10.1 Å². The highest BCUT2D eigenvalue weighted by Crippen LogP contribution is 2.36. The molecule has 1 saturated heterocycles. The zero-order valence-electron chi connectivity index (χ0n) is 21.9. The first-order chi connectivity index (χ1) is 19.5. The van der Waals surface area contributed by atoms with E-state index in [0.717, 1.165) is 15.6 Å². The van der Waals surface area contributed by atoms with Gasteiger partial charge in [0.05, 0.1) is 11.8 Å². The molecule has 1 aliphatic heterocycles. The number of halogens is 1. The number of allylic oxidation sites excluding steroid dienone is 2. The predicted molar refractivity (Wildman–Crippen MR) is 149 cm³/mol. The van der Waals surface area contributed by atoms with Crippen LogP contribution in [0.2, 0.25) is 5.02 Å². The Bertz CT molecular complexity index is 1620. The molecule has 0 N–H and O–H groups in total. The molecule has 2 atom stereocenters. The number of fused-ring (bicyclic) bond motifs is 1. The van der Waals surface area contributed by atoms with E-state index >= 15 is 0 Å². The van der Waals surface area contributed by atoms with E-state index in [1.807, 2.05) is 19.1 Å². The van der Waals surface area contributed by atoms with E-state index in [0.29, 0.717) is 17.9 Å². The molecule has 5 rings (SSSR count). The molecule has 1 fully saturated rings. The van der Waals surface area contributed by atoms with E-state index in [1.54, 1.807) is 12.1 Å². The van der Waals surface area contributed by atoms with Gasteiger partial charge in [-0.2, -0.15) is 13.4 Å².